The molecule has 0 atom stereocenters. The quantitative estimate of drug-likeness (QED) is 0.857. The molecule has 2 rings (SSSR count). The number of rotatable bonds is 3. The van der Waals surface area contributed by atoms with Gasteiger partial charge in [-0.2, -0.15) is 0 Å². The smallest absolute Gasteiger partial charge is 0.255 e. The van der Waals surface area contributed by atoms with Crippen LogP contribution in [0.5, 0.6) is 0 Å². The molecule has 0 aliphatic heterocycles. The average Bonchev–Trinajstić information content (AvgIpc) is 2.77. The molecule has 0 saturated carbocycles. The molecule has 0 aliphatic rings. The lowest BCUT2D eigenvalue weighted by molar-refractivity contribution is 0.0779. The largest absolute Gasteiger partial charge is 0.382 e. The van der Waals surface area contributed by atoms with Crippen LogP contribution in [0.15, 0.2) is 12.3 Å². The first-order chi connectivity index (χ1) is 8.99. The molecule has 0 aliphatic carbocycles. The normalized spacial score (nSPS) is 10.5. The molecule has 0 spiro atoms. The number of halogens is 1. The molecule has 8 nitrogen and oxygen atoms in total. The third-order valence-corrected chi connectivity index (χ3v) is 2.85. The van der Waals surface area contributed by atoms with Gasteiger partial charge in [0.1, 0.15) is 5.82 Å². The van der Waals surface area contributed by atoms with Crippen LogP contribution >= 0.6 is 11.6 Å². The van der Waals surface area contributed by atoms with Gasteiger partial charge in [0.2, 0.25) is 0 Å². The number of amides is 1. The Morgan fingerprint density at radius 3 is 2.89 bits per heavy atom. The average molecular weight is 282 g/mol. The lowest BCUT2D eigenvalue weighted by Gasteiger charge is -2.16. The van der Waals surface area contributed by atoms with Gasteiger partial charge in [-0.1, -0.05) is 11.6 Å². The van der Waals surface area contributed by atoms with Gasteiger partial charge in [-0.05, 0) is 16.5 Å². The number of hydrogen-bond acceptors (Lipinski definition) is 6. The SMILES string of the molecule is CN(Cc1nnnn1C)C(=O)c1cnc(N)c(Cl)c1. The number of aryl methyl sites for hydroxylation is 1. The topological polar surface area (TPSA) is 103 Å². The fraction of sp³-hybridized carbons (Fsp3) is 0.300. The van der Waals surface area contributed by atoms with Crippen LogP contribution in [-0.2, 0) is 13.6 Å². The zero-order chi connectivity index (χ0) is 14.0. The minimum absolute atomic E-state index is 0.193. The van der Waals surface area contributed by atoms with E-state index in [0.717, 1.165) is 0 Å². The molecule has 0 aromatic carbocycles. The summed E-state index contributed by atoms with van der Waals surface area (Å²) in [5.74, 6) is 0.529. The molecule has 0 saturated heterocycles. The van der Waals surface area contributed by atoms with E-state index in [1.54, 1.807) is 14.1 Å². The highest BCUT2D eigenvalue weighted by Crippen LogP contribution is 2.17. The minimum Gasteiger partial charge on any atom is -0.382 e. The van der Waals surface area contributed by atoms with Gasteiger partial charge in [0.25, 0.3) is 5.91 Å². The highest BCUT2D eigenvalue weighted by atomic mass is 35.5. The van der Waals surface area contributed by atoms with Crippen LogP contribution in [0.3, 0.4) is 0 Å². The Kier molecular flexibility index (Phi) is 3.61. The molecular formula is C10H12ClN7O. The predicted octanol–water partition coefficient (Wildman–Crippen LogP) is 0.113. The first-order valence-corrected chi connectivity index (χ1v) is 5.74. The number of tetrazole rings is 1. The van der Waals surface area contributed by atoms with E-state index < -0.39 is 0 Å². The molecule has 2 aromatic heterocycles. The summed E-state index contributed by atoms with van der Waals surface area (Å²) in [4.78, 5) is 17.5. The molecule has 1 amide bonds. The van der Waals surface area contributed by atoms with E-state index in [1.807, 2.05) is 0 Å². The van der Waals surface area contributed by atoms with E-state index in [9.17, 15) is 4.79 Å². The molecule has 0 unspecified atom stereocenters. The van der Waals surface area contributed by atoms with Crippen molar-refractivity contribution in [2.24, 2.45) is 7.05 Å². The predicted molar refractivity (Wildman–Crippen MR) is 68.3 cm³/mol. The van der Waals surface area contributed by atoms with Crippen molar-refractivity contribution in [1.29, 1.82) is 0 Å². The molecule has 2 aromatic rings. The monoisotopic (exact) mass is 281 g/mol. The Morgan fingerprint density at radius 2 is 2.32 bits per heavy atom. The first kappa shape index (κ1) is 13.2. The number of nitrogen functional groups attached to an aromatic ring is 1. The van der Waals surface area contributed by atoms with Crippen molar-refractivity contribution < 1.29 is 4.79 Å². The fourth-order valence-electron chi connectivity index (χ4n) is 1.45. The van der Waals surface area contributed by atoms with Crippen molar-refractivity contribution >= 4 is 23.3 Å². The summed E-state index contributed by atoms with van der Waals surface area (Å²) in [7, 11) is 3.34. The number of carbonyl (C=O) groups excluding carboxylic acids is 1. The summed E-state index contributed by atoms with van der Waals surface area (Å²) in [6, 6.07) is 1.48. The van der Waals surface area contributed by atoms with Gasteiger partial charge in [0.05, 0.1) is 17.1 Å². The third kappa shape index (κ3) is 2.79. The van der Waals surface area contributed by atoms with Gasteiger partial charge in [0.15, 0.2) is 5.82 Å². The standard InChI is InChI=1S/C10H12ClN7O/c1-17(5-8-14-15-16-18(8)2)10(19)6-3-7(11)9(12)13-4-6/h3-4H,5H2,1-2H3,(H2,12,13). The van der Waals surface area contributed by atoms with Crippen molar-refractivity contribution in [3.63, 3.8) is 0 Å². The second-order valence-electron chi connectivity index (χ2n) is 3.97. The number of nitrogens with two attached hydrogens (primary N) is 1. The highest BCUT2D eigenvalue weighted by molar-refractivity contribution is 6.33. The molecule has 9 heteroatoms. The Hall–Kier alpha value is -2.22. The zero-order valence-electron chi connectivity index (χ0n) is 10.4. The number of carbonyl (C=O) groups is 1. The van der Waals surface area contributed by atoms with Crippen molar-refractivity contribution in [3.8, 4) is 0 Å². The van der Waals surface area contributed by atoms with Crippen LogP contribution in [0, 0.1) is 0 Å². The maximum atomic E-state index is 12.2. The summed E-state index contributed by atoms with van der Waals surface area (Å²) in [6.07, 6.45) is 1.38. The van der Waals surface area contributed by atoms with Crippen LogP contribution in [-0.4, -0.2) is 43.0 Å². The number of pyridine rings is 1. The van der Waals surface area contributed by atoms with Gasteiger partial charge < -0.3 is 10.6 Å². The lowest BCUT2D eigenvalue weighted by Crippen LogP contribution is -2.27. The van der Waals surface area contributed by atoms with E-state index in [-0.39, 0.29) is 23.3 Å². The van der Waals surface area contributed by atoms with E-state index in [4.69, 9.17) is 17.3 Å². The van der Waals surface area contributed by atoms with Crippen LogP contribution in [0.2, 0.25) is 5.02 Å². The summed E-state index contributed by atoms with van der Waals surface area (Å²) < 4.78 is 1.50. The maximum absolute atomic E-state index is 12.2. The van der Waals surface area contributed by atoms with Gasteiger partial charge in [-0.15, -0.1) is 5.10 Å². The van der Waals surface area contributed by atoms with Crippen LogP contribution in [0.25, 0.3) is 0 Å². The van der Waals surface area contributed by atoms with Gasteiger partial charge in [-0.3, -0.25) is 4.79 Å². The lowest BCUT2D eigenvalue weighted by atomic mass is 10.2. The van der Waals surface area contributed by atoms with Crippen molar-refractivity contribution in [3.05, 3.63) is 28.7 Å². The second kappa shape index (κ2) is 5.19. The summed E-state index contributed by atoms with van der Waals surface area (Å²) in [5.41, 5.74) is 5.85. The fourth-order valence-corrected chi connectivity index (χ4v) is 1.62. The molecule has 100 valence electrons. The molecular weight excluding hydrogens is 270 g/mol. The number of aromatic nitrogens is 5. The van der Waals surface area contributed by atoms with Gasteiger partial charge in [-0.25, -0.2) is 9.67 Å². The molecule has 0 bridgehead atoms. The second-order valence-corrected chi connectivity index (χ2v) is 4.38. The highest BCUT2D eigenvalue weighted by Gasteiger charge is 2.16. The molecule has 2 heterocycles. The summed E-state index contributed by atoms with van der Waals surface area (Å²) in [6.45, 7) is 0.282. The Labute approximate surface area is 114 Å². The Morgan fingerprint density at radius 1 is 1.58 bits per heavy atom. The van der Waals surface area contributed by atoms with Gasteiger partial charge >= 0.3 is 0 Å². The van der Waals surface area contributed by atoms with E-state index >= 15 is 0 Å². The van der Waals surface area contributed by atoms with E-state index in [1.165, 1.54) is 21.8 Å². The van der Waals surface area contributed by atoms with E-state index in [0.29, 0.717) is 11.4 Å². The van der Waals surface area contributed by atoms with Crippen molar-refractivity contribution in [1.82, 2.24) is 30.1 Å². The first-order valence-electron chi connectivity index (χ1n) is 5.36. The molecule has 2 N–H and O–H groups in total. The van der Waals surface area contributed by atoms with Crippen LogP contribution in [0.4, 0.5) is 5.82 Å². The van der Waals surface area contributed by atoms with Crippen LogP contribution in [0.1, 0.15) is 16.2 Å². The number of nitrogens with zero attached hydrogens (tertiary/aromatic N) is 6. The Balaban J connectivity index is 2.15. The minimum atomic E-state index is -0.239. The molecule has 0 radical (unpaired) electrons. The molecule has 19 heavy (non-hydrogen) atoms. The summed E-state index contributed by atoms with van der Waals surface area (Å²) >= 11 is 5.84. The molecule has 0 fully saturated rings. The van der Waals surface area contributed by atoms with Crippen LogP contribution < -0.4 is 5.73 Å². The maximum Gasteiger partial charge on any atom is 0.255 e. The number of anilines is 1. The van der Waals surface area contributed by atoms with Gasteiger partial charge in [0, 0.05) is 20.3 Å². The number of hydrogen-bond donors (Lipinski definition) is 1. The third-order valence-electron chi connectivity index (χ3n) is 2.55. The van der Waals surface area contributed by atoms with Crippen molar-refractivity contribution in [2.75, 3.05) is 12.8 Å². The van der Waals surface area contributed by atoms with Crippen molar-refractivity contribution in [2.45, 2.75) is 6.54 Å². The van der Waals surface area contributed by atoms with E-state index in [2.05, 4.69) is 20.5 Å². The Bertz CT molecular complexity index is 612. The summed E-state index contributed by atoms with van der Waals surface area (Å²) in [5, 5.41) is 11.3. The zero-order valence-corrected chi connectivity index (χ0v) is 11.2.